The number of nitrogens with one attached hydrogen (secondary N) is 1. The van der Waals surface area contributed by atoms with E-state index < -0.39 is 0 Å². The van der Waals surface area contributed by atoms with Crippen molar-refractivity contribution in [2.75, 3.05) is 25.0 Å². The van der Waals surface area contributed by atoms with Crippen LogP contribution in [-0.2, 0) is 6.54 Å². The van der Waals surface area contributed by atoms with Gasteiger partial charge in [-0.3, -0.25) is 0 Å². The minimum Gasteiger partial charge on any atom is -0.371 e. The van der Waals surface area contributed by atoms with E-state index in [1.54, 1.807) is 12.1 Å². The van der Waals surface area contributed by atoms with Gasteiger partial charge in [-0.25, -0.2) is 4.39 Å². The van der Waals surface area contributed by atoms with Gasteiger partial charge >= 0.3 is 0 Å². The molecule has 1 saturated heterocycles. The first-order chi connectivity index (χ1) is 8.31. The highest BCUT2D eigenvalue weighted by molar-refractivity contribution is 5.54. The molecule has 0 spiro atoms. The van der Waals surface area contributed by atoms with E-state index in [-0.39, 0.29) is 5.82 Å². The highest BCUT2D eigenvalue weighted by Gasteiger charge is 2.13. The smallest absolute Gasteiger partial charge is 0.123 e. The Morgan fingerprint density at radius 3 is 2.53 bits per heavy atom. The van der Waals surface area contributed by atoms with Gasteiger partial charge < -0.3 is 10.2 Å². The van der Waals surface area contributed by atoms with Crippen molar-refractivity contribution in [3.8, 4) is 0 Å². The molecule has 0 saturated carbocycles. The molecule has 1 heterocycles. The second-order valence-electron chi connectivity index (χ2n) is 4.70. The van der Waals surface area contributed by atoms with Crippen LogP contribution in [0.5, 0.6) is 0 Å². The van der Waals surface area contributed by atoms with Gasteiger partial charge in [-0.2, -0.15) is 0 Å². The number of hydrogen-bond acceptors (Lipinski definition) is 2. The molecule has 2 rings (SSSR count). The van der Waals surface area contributed by atoms with E-state index >= 15 is 0 Å². The van der Waals surface area contributed by atoms with Gasteiger partial charge in [0.05, 0.1) is 0 Å². The Balaban J connectivity index is 2.22. The van der Waals surface area contributed by atoms with Gasteiger partial charge in [0.25, 0.3) is 0 Å². The fourth-order valence-corrected chi connectivity index (χ4v) is 2.51. The lowest BCUT2D eigenvalue weighted by Gasteiger charge is -2.25. The van der Waals surface area contributed by atoms with Crippen molar-refractivity contribution in [2.24, 2.45) is 0 Å². The molecule has 0 unspecified atom stereocenters. The Labute approximate surface area is 103 Å². The molecule has 17 heavy (non-hydrogen) atoms. The number of rotatable bonds is 3. The number of hydrogen-bond donors (Lipinski definition) is 1. The lowest BCUT2D eigenvalue weighted by atomic mass is 10.1. The van der Waals surface area contributed by atoms with Gasteiger partial charge in [0.15, 0.2) is 0 Å². The van der Waals surface area contributed by atoms with Crippen molar-refractivity contribution in [1.29, 1.82) is 0 Å². The Hall–Kier alpha value is -1.09. The van der Waals surface area contributed by atoms with Crippen molar-refractivity contribution in [1.82, 2.24) is 5.32 Å². The van der Waals surface area contributed by atoms with Crippen molar-refractivity contribution in [2.45, 2.75) is 32.2 Å². The lowest BCUT2D eigenvalue weighted by Crippen LogP contribution is -2.26. The summed E-state index contributed by atoms with van der Waals surface area (Å²) in [5, 5.41) is 3.11. The summed E-state index contributed by atoms with van der Waals surface area (Å²) >= 11 is 0. The highest BCUT2D eigenvalue weighted by Crippen LogP contribution is 2.24. The van der Waals surface area contributed by atoms with Gasteiger partial charge in [0, 0.05) is 25.3 Å². The summed E-state index contributed by atoms with van der Waals surface area (Å²) in [6.07, 6.45) is 5.13. The van der Waals surface area contributed by atoms with Gasteiger partial charge in [-0.1, -0.05) is 12.8 Å². The second-order valence-corrected chi connectivity index (χ2v) is 4.70. The summed E-state index contributed by atoms with van der Waals surface area (Å²) in [5.74, 6) is -0.145. The number of halogens is 1. The summed E-state index contributed by atoms with van der Waals surface area (Å²) in [5.41, 5.74) is 2.26. The Morgan fingerprint density at radius 2 is 1.88 bits per heavy atom. The van der Waals surface area contributed by atoms with E-state index in [4.69, 9.17) is 0 Å². The van der Waals surface area contributed by atoms with Crippen LogP contribution < -0.4 is 10.2 Å². The Morgan fingerprint density at radius 1 is 1.18 bits per heavy atom. The zero-order valence-electron chi connectivity index (χ0n) is 10.5. The molecular weight excluding hydrogens is 215 g/mol. The van der Waals surface area contributed by atoms with Crippen molar-refractivity contribution < 1.29 is 4.39 Å². The molecule has 3 heteroatoms. The summed E-state index contributed by atoms with van der Waals surface area (Å²) in [4.78, 5) is 2.40. The zero-order valence-corrected chi connectivity index (χ0v) is 10.5. The van der Waals surface area contributed by atoms with Crippen LogP contribution in [-0.4, -0.2) is 20.1 Å². The third kappa shape index (κ3) is 3.19. The maximum atomic E-state index is 13.3. The molecule has 0 atom stereocenters. The van der Waals surface area contributed by atoms with Crippen LogP contribution in [0.2, 0.25) is 0 Å². The maximum absolute atomic E-state index is 13.3. The summed E-state index contributed by atoms with van der Waals surface area (Å²) in [7, 11) is 1.90. The molecule has 1 aromatic carbocycles. The Bertz CT molecular complexity index is 357. The predicted octanol–water partition coefficient (Wildman–Crippen LogP) is 2.93. The van der Waals surface area contributed by atoms with E-state index in [1.807, 2.05) is 13.1 Å². The fourth-order valence-electron chi connectivity index (χ4n) is 2.51. The minimum atomic E-state index is -0.145. The van der Waals surface area contributed by atoms with E-state index in [2.05, 4.69) is 10.2 Å². The molecule has 94 valence electrons. The monoisotopic (exact) mass is 236 g/mol. The summed E-state index contributed by atoms with van der Waals surface area (Å²) < 4.78 is 13.3. The molecule has 1 fully saturated rings. The van der Waals surface area contributed by atoms with Crippen LogP contribution in [0.1, 0.15) is 31.2 Å². The standard InChI is InChI=1S/C14H21FN2/c1-16-11-12-10-13(15)6-7-14(12)17-8-4-2-3-5-9-17/h6-7,10,16H,2-5,8-9,11H2,1H3. The fraction of sp³-hybridized carbons (Fsp3) is 0.571. The number of nitrogens with zero attached hydrogens (tertiary/aromatic N) is 1. The number of anilines is 1. The first kappa shape index (κ1) is 12.4. The summed E-state index contributed by atoms with van der Waals surface area (Å²) in [6.45, 7) is 2.92. The van der Waals surface area contributed by atoms with E-state index in [0.717, 1.165) is 25.2 Å². The van der Waals surface area contributed by atoms with Crippen LogP contribution in [0, 0.1) is 5.82 Å². The quantitative estimate of drug-likeness (QED) is 0.868. The largest absolute Gasteiger partial charge is 0.371 e. The molecule has 0 aromatic heterocycles. The predicted molar refractivity (Wildman–Crippen MR) is 69.8 cm³/mol. The van der Waals surface area contributed by atoms with E-state index in [1.165, 1.54) is 31.4 Å². The molecule has 1 aliphatic heterocycles. The SMILES string of the molecule is CNCc1cc(F)ccc1N1CCCCCC1. The van der Waals surface area contributed by atoms with Crippen molar-refractivity contribution in [3.05, 3.63) is 29.6 Å². The van der Waals surface area contributed by atoms with Gasteiger partial charge in [0.1, 0.15) is 5.82 Å². The van der Waals surface area contributed by atoms with E-state index in [0.29, 0.717) is 0 Å². The molecule has 2 nitrogen and oxygen atoms in total. The molecule has 1 aromatic rings. The average Bonchev–Trinajstić information content (AvgIpc) is 2.58. The summed E-state index contributed by atoms with van der Waals surface area (Å²) in [6, 6.07) is 5.14. The van der Waals surface area contributed by atoms with Crippen LogP contribution in [0.3, 0.4) is 0 Å². The van der Waals surface area contributed by atoms with Crippen LogP contribution in [0.4, 0.5) is 10.1 Å². The van der Waals surface area contributed by atoms with Crippen LogP contribution in [0.15, 0.2) is 18.2 Å². The molecule has 1 aliphatic rings. The van der Waals surface area contributed by atoms with Crippen LogP contribution in [0.25, 0.3) is 0 Å². The molecule has 0 aliphatic carbocycles. The average molecular weight is 236 g/mol. The maximum Gasteiger partial charge on any atom is 0.123 e. The Kier molecular flexibility index (Phi) is 4.37. The van der Waals surface area contributed by atoms with Crippen LogP contribution >= 0.6 is 0 Å². The zero-order chi connectivity index (χ0) is 12.1. The molecule has 1 N–H and O–H groups in total. The van der Waals surface area contributed by atoms with Gasteiger partial charge in [-0.05, 0) is 43.7 Å². The van der Waals surface area contributed by atoms with Crippen molar-refractivity contribution in [3.63, 3.8) is 0 Å². The van der Waals surface area contributed by atoms with Gasteiger partial charge in [-0.15, -0.1) is 0 Å². The first-order valence-electron chi connectivity index (χ1n) is 6.49. The molecule has 0 radical (unpaired) electrons. The highest BCUT2D eigenvalue weighted by atomic mass is 19.1. The minimum absolute atomic E-state index is 0.145. The third-order valence-corrected chi connectivity index (χ3v) is 3.36. The van der Waals surface area contributed by atoms with Gasteiger partial charge in [0.2, 0.25) is 0 Å². The lowest BCUT2D eigenvalue weighted by molar-refractivity contribution is 0.622. The topological polar surface area (TPSA) is 15.3 Å². The third-order valence-electron chi connectivity index (χ3n) is 3.36. The van der Waals surface area contributed by atoms with E-state index in [9.17, 15) is 4.39 Å². The molecular formula is C14H21FN2. The first-order valence-corrected chi connectivity index (χ1v) is 6.49. The normalized spacial score (nSPS) is 16.9. The van der Waals surface area contributed by atoms with Crippen molar-refractivity contribution >= 4 is 5.69 Å². The number of benzene rings is 1. The molecule has 0 amide bonds. The molecule has 0 bridgehead atoms. The second kappa shape index (κ2) is 6.01.